The van der Waals surface area contributed by atoms with Gasteiger partial charge >= 0.3 is 5.97 Å². The van der Waals surface area contributed by atoms with Gasteiger partial charge in [-0.1, -0.05) is 0 Å². The highest BCUT2D eigenvalue weighted by molar-refractivity contribution is 14.1. The number of aromatic nitrogens is 1. The van der Waals surface area contributed by atoms with Crippen molar-refractivity contribution in [2.45, 2.75) is 0 Å². The molecule has 0 aliphatic heterocycles. The molecule has 0 amide bonds. The number of benzene rings is 1. The lowest BCUT2D eigenvalue weighted by Crippen LogP contribution is -2.14. The number of carbonyl (C=O) groups excluding carboxylic acids is 1. The van der Waals surface area contributed by atoms with E-state index in [1.54, 1.807) is 12.1 Å². The Hall–Kier alpha value is -2.23. The van der Waals surface area contributed by atoms with Gasteiger partial charge in [0, 0.05) is 9.64 Å². The molecule has 0 unspecified atom stereocenters. The second-order valence-corrected chi connectivity index (χ2v) is 5.47. The van der Waals surface area contributed by atoms with E-state index in [-0.39, 0.29) is 12.3 Å². The number of hydrogen-bond acceptors (Lipinski definition) is 6. The summed E-state index contributed by atoms with van der Waals surface area (Å²) in [6.07, 6.45) is 1.17. The zero-order valence-corrected chi connectivity index (χ0v) is 13.5. The topological polar surface area (TPSA) is 94.4 Å². The molecule has 114 valence electrons. The Labute approximate surface area is 140 Å². The molecular weight excluding hydrogens is 401 g/mol. The highest BCUT2D eigenvalue weighted by Gasteiger charge is 2.07. The van der Waals surface area contributed by atoms with Crippen LogP contribution in [0.1, 0.15) is 10.4 Å². The van der Waals surface area contributed by atoms with Gasteiger partial charge in [-0.2, -0.15) is 0 Å². The average Bonchev–Trinajstić information content (AvgIpc) is 2.52. The van der Waals surface area contributed by atoms with Gasteiger partial charge in [-0.05, 0) is 52.9 Å². The van der Waals surface area contributed by atoms with Crippen molar-refractivity contribution >= 4 is 40.1 Å². The number of anilines is 1. The molecule has 0 aliphatic rings. The molecule has 0 atom stereocenters. The summed E-state index contributed by atoms with van der Waals surface area (Å²) in [5, 5.41) is 13.4. The predicted molar refractivity (Wildman–Crippen MR) is 88.8 cm³/mol. The van der Waals surface area contributed by atoms with Crippen LogP contribution in [0.5, 0.6) is 0 Å². The Balaban J connectivity index is 1.75. The van der Waals surface area contributed by atoms with Crippen molar-refractivity contribution in [3.63, 3.8) is 0 Å². The third-order valence-electron chi connectivity index (χ3n) is 2.68. The largest absolute Gasteiger partial charge is 0.460 e. The number of ether oxygens (including phenoxy) is 1. The number of pyridine rings is 1. The summed E-state index contributed by atoms with van der Waals surface area (Å²) >= 11 is 2.16. The van der Waals surface area contributed by atoms with E-state index < -0.39 is 10.9 Å². The Morgan fingerprint density at radius 2 is 2.00 bits per heavy atom. The molecule has 1 heterocycles. The third-order valence-corrected chi connectivity index (χ3v) is 3.40. The highest BCUT2D eigenvalue weighted by atomic mass is 127. The molecule has 0 fully saturated rings. The van der Waals surface area contributed by atoms with Crippen LogP contribution in [0.15, 0.2) is 42.6 Å². The minimum absolute atomic E-state index is 0.0734. The first-order valence-corrected chi connectivity index (χ1v) is 7.41. The van der Waals surface area contributed by atoms with Gasteiger partial charge in [0.2, 0.25) is 0 Å². The summed E-state index contributed by atoms with van der Waals surface area (Å²) in [7, 11) is 0. The van der Waals surface area contributed by atoms with Gasteiger partial charge in [-0.25, -0.2) is 9.78 Å². The number of rotatable bonds is 6. The molecule has 8 heteroatoms. The lowest BCUT2D eigenvalue weighted by molar-refractivity contribution is -0.385. The van der Waals surface area contributed by atoms with Crippen LogP contribution in [0, 0.1) is 13.7 Å². The number of esters is 1. The first-order valence-electron chi connectivity index (χ1n) is 6.33. The standard InChI is InChI=1S/C14H12IN3O4/c15-11-3-1-10(2-4-11)14(19)22-8-7-16-13-6-5-12(9-17-13)18(20)21/h1-6,9H,7-8H2,(H,16,17). The van der Waals surface area contributed by atoms with E-state index in [2.05, 4.69) is 32.9 Å². The first-order chi connectivity index (χ1) is 10.6. The van der Waals surface area contributed by atoms with Gasteiger partial charge in [0.25, 0.3) is 5.69 Å². The summed E-state index contributed by atoms with van der Waals surface area (Å²) in [5.41, 5.74) is 0.421. The Morgan fingerprint density at radius 3 is 2.59 bits per heavy atom. The van der Waals surface area contributed by atoms with Gasteiger partial charge in [-0.3, -0.25) is 10.1 Å². The molecule has 0 spiro atoms. The second-order valence-electron chi connectivity index (χ2n) is 4.23. The monoisotopic (exact) mass is 413 g/mol. The van der Waals surface area contributed by atoms with Crippen LogP contribution in [0.25, 0.3) is 0 Å². The SMILES string of the molecule is O=C(OCCNc1ccc([N+](=O)[O-])cn1)c1ccc(I)cc1. The van der Waals surface area contributed by atoms with E-state index in [4.69, 9.17) is 4.74 Å². The second kappa shape index (κ2) is 7.69. The Kier molecular flexibility index (Phi) is 5.64. The molecular formula is C14H12IN3O4. The molecule has 2 aromatic rings. The molecule has 22 heavy (non-hydrogen) atoms. The number of hydrogen-bond donors (Lipinski definition) is 1. The molecule has 0 saturated carbocycles. The predicted octanol–water partition coefficient (Wildman–Crippen LogP) is 2.86. The molecule has 1 aromatic carbocycles. The zero-order chi connectivity index (χ0) is 15.9. The minimum Gasteiger partial charge on any atom is -0.460 e. The highest BCUT2D eigenvalue weighted by Crippen LogP contribution is 2.11. The number of carbonyl (C=O) groups is 1. The van der Waals surface area contributed by atoms with Crippen molar-refractivity contribution in [3.05, 3.63) is 61.8 Å². The summed E-state index contributed by atoms with van der Waals surface area (Å²) in [4.78, 5) is 25.6. The average molecular weight is 413 g/mol. The summed E-state index contributed by atoms with van der Waals surface area (Å²) in [5.74, 6) is 0.0887. The molecule has 0 saturated heterocycles. The molecule has 1 N–H and O–H groups in total. The number of halogens is 1. The van der Waals surface area contributed by atoms with Crippen LogP contribution in [0.3, 0.4) is 0 Å². The fourth-order valence-corrected chi connectivity index (χ4v) is 1.95. The van der Waals surface area contributed by atoms with Crippen LogP contribution < -0.4 is 5.32 Å². The van der Waals surface area contributed by atoms with Crippen molar-refractivity contribution in [2.24, 2.45) is 0 Å². The maximum Gasteiger partial charge on any atom is 0.338 e. The van der Waals surface area contributed by atoms with Gasteiger partial charge in [-0.15, -0.1) is 0 Å². The van der Waals surface area contributed by atoms with Crippen molar-refractivity contribution in [3.8, 4) is 0 Å². The lowest BCUT2D eigenvalue weighted by Gasteiger charge is -2.07. The number of nitrogens with one attached hydrogen (secondary N) is 1. The molecule has 0 bridgehead atoms. The van der Waals surface area contributed by atoms with E-state index >= 15 is 0 Å². The van der Waals surface area contributed by atoms with Gasteiger partial charge in [0.05, 0.1) is 17.0 Å². The smallest absolute Gasteiger partial charge is 0.338 e. The maximum absolute atomic E-state index is 11.7. The minimum atomic E-state index is -0.514. The summed E-state index contributed by atoms with van der Waals surface area (Å²) in [6, 6.07) is 9.92. The van der Waals surface area contributed by atoms with Gasteiger partial charge < -0.3 is 10.1 Å². The normalized spacial score (nSPS) is 10.0. The van der Waals surface area contributed by atoms with E-state index in [1.807, 2.05) is 12.1 Å². The van der Waals surface area contributed by atoms with Crippen LogP contribution in [-0.2, 0) is 4.74 Å². The van der Waals surface area contributed by atoms with Crippen LogP contribution in [-0.4, -0.2) is 29.0 Å². The van der Waals surface area contributed by atoms with Crippen molar-refractivity contribution in [1.82, 2.24) is 4.98 Å². The van der Waals surface area contributed by atoms with Gasteiger partial charge in [0.15, 0.2) is 0 Å². The summed E-state index contributed by atoms with van der Waals surface area (Å²) < 4.78 is 6.15. The number of nitrogens with zero attached hydrogens (tertiary/aromatic N) is 2. The molecule has 1 aromatic heterocycles. The van der Waals surface area contributed by atoms with E-state index in [0.29, 0.717) is 17.9 Å². The Bertz CT molecular complexity index is 659. The molecule has 2 rings (SSSR count). The fourth-order valence-electron chi connectivity index (χ4n) is 1.59. The van der Waals surface area contributed by atoms with E-state index in [9.17, 15) is 14.9 Å². The maximum atomic E-state index is 11.7. The molecule has 0 aliphatic carbocycles. The Morgan fingerprint density at radius 1 is 1.27 bits per heavy atom. The van der Waals surface area contributed by atoms with E-state index in [0.717, 1.165) is 3.57 Å². The first kappa shape index (κ1) is 16.1. The number of nitro groups is 1. The van der Waals surface area contributed by atoms with Crippen molar-refractivity contribution < 1.29 is 14.5 Å². The van der Waals surface area contributed by atoms with Crippen LogP contribution in [0.2, 0.25) is 0 Å². The molecule has 0 radical (unpaired) electrons. The lowest BCUT2D eigenvalue weighted by atomic mass is 10.2. The van der Waals surface area contributed by atoms with Crippen LogP contribution in [0.4, 0.5) is 11.5 Å². The van der Waals surface area contributed by atoms with Crippen LogP contribution >= 0.6 is 22.6 Å². The van der Waals surface area contributed by atoms with Crippen molar-refractivity contribution in [1.29, 1.82) is 0 Å². The fraction of sp³-hybridized carbons (Fsp3) is 0.143. The quantitative estimate of drug-likeness (QED) is 0.257. The molecule has 7 nitrogen and oxygen atoms in total. The zero-order valence-electron chi connectivity index (χ0n) is 11.4. The summed E-state index contributed by atoms with van der Waals surface area (Å²) in [6.45, 7) is 0.532. The van der Waals surface area contributed by atoms with Crippen molar-refractivity contribution in [2.75, 3.05) is 18.5 Å². The van der Waals surface area contributed by atoms with Gasteiger partial charge in [0.1, 0.15) is 18.6 Å². The van der Waals surface area contributed by atoms with E-state index in [1.165, 1.54) is 18.3 Å². The third kappa shape index (κ3) is 4.65.